The highest BCUT2D eigenvalue weighted by Crippen LogP contribution is 2.20. The van der Waals surface area contributed by atoms with Crippen LogP contribution < -0.4 is 11.5 Å². The van der Waals surface area contributed by atoms with E-state index in [1.807, 2.05) is 0 Å². The summed E-state index contributed by atoms with van der Waals surface area (Å²) in [6.45, 7) is 7.14. The van der Waals surface area contributed by atoms with E-state index in [9.17, 15) is 0 Å². The SMILES string of the molecule is CC(C)N1CCOC(CSc2nc(N)cc(N)n2)C1. The highest BCUT2D eigenvalue weighted by Gasteiger charge is 2.22. The molecule has 0 bridgehead atoms. The Labute approximate surface area is 117 Å². The van der Waals surface area contributed by atoms with E-state index in [0.717, 1.165) is 25.4 Å². The van der Waals surface area contributed by atoms with Gasteiger partial charge in [0.2, 0.25) is 0 Å². The molecular formula is C12H21N5OS. The third-order valence-corrected chi connectivity index (χ3v) is 4.02. The summed E-state index contributed by atoms with van der Waals surface area (Å²) in [5.74, 6) is 1.62. The van der Waals surface area contributed by atoms with Crippen molar-refractivity contribution >= 4 is 23.4 Å². The second-order valence-electron chi connectivity index (χ2n) is 4.89. The van der Waals surface area contributed by atoms with Crippen molar-refractivity contribution in [3.8, 4) is 0 Å². The lowest BCUT2D eigenvalue weighted by molar-refractivity contribution is -0.0265. The largest absolute Gasteiger partial charge is 0.383 e. The Morgan fingerprint density at radius 3 is 2.74 bits per heavy atom. The van der Waals surface area contributed by atoms with Gasteiger partial charge in [-0.1, -0.05) is 11.8 Å². The van der Waals surface area contributed by atoms with Gasteiger partial charge in [0, 0.05) is 31.0 Å². The third-order valence-electron chi connectivity index (χ3n) is 3.04. The molecule has 0 spiro atoms. The fraction of sp³-hybridized carbons (Fsp3) is 0.667. The Bertz CT molecular complexity index is 408. The average Bonchev–Trinajstić information content (AvgIpc) is 2.35. The molecule has 1 aliphatic heterocycles. The number of hydrogen-bond acceptors (Lipinski definition) is 7. The molecular weight excluding hydrogens is 262 g/mol. The van der Waals surface area contributed by atoms with E-state index in [-0.39, 0.29) is 6.10 Å². The van der Waals surface area contributed by atoms with Crippen molar-refractivity contribution in [1.29, 1.82) is 0 Å². The first-order valence-electron chi connectivity index (χ1n) is 6.43. The molecule has 4 N–H and O–H groups in total. The number of anilines is 2. The lowest BCUT2D eigenvalue weighted by atomic mass is 10.2. The van der Waals surface area contributed by atoms with Gasteiger partial charge in [-0.25, -0.2) is 9.97 Å². The molecule has 1 aromatic heterocycles. The molecule has 7 heteroatoms. The molecule has 1 aliphatic rings. The Morgan fingerprint density at radius 1 is 1.42 bits per heavy atom. The van der Waals surface area contributed by atoms with Gasteiger partial charge < -0.3 is 16.2 Å². The van der Waals surface area contributed by atoms with Crippen LogP contribution in [0.3, 0.4) is 0 Å². The second kappa shape index (κ2) is 6.40. The zero-order valence-electron chi connectivity index (χ0n) is 11.4. The van der Waals surface area contributed by atoms with Crippen molar-refractivity contribution in [2.75, 3.05) is 36.9 Å². The molecule has 106 valence electrons. The fourth-order valence-corrected chi connectivity index (χ4v) is 2.88. The highest BCUT2D eigenvalue weighted by molar-refractivity contribution is 7.99. The van der Waals surface area contributed by atoms with Gasteiger partial charge in [0.15, 0.2) is 5.16 Å². The standard InChI is InChI=1S/C12H21N5OS/c1-8(2)17-3-4-18-9(6-17)7-19-12-15-10(13)5-11(14)16-12/h5,8-9H,3-4,6-7H2,1-2H3,(H4,13,14,15,16). The summed E-state index contributed by atoms with van der Waals surface area (Å²) in [5, 5.41) is 0.614. The van der Waals surface area contributed by atoms with E-state index >= 15 is 0 Å². The number of nitrogens with two attached hydrogens (primary N) is 2. The number of morpholine rings is 1. The van der Waals surface area contributed by atoms with Gasteiger partial charge in [0.1, 0.15) is 11.6 Å². The van der Waals surface area contributed by atoms with E-state index in [4.69, 9.17) is 16.2 Å². The smallest absolute Gasteiger partial charge is 0.191 e. The first-order valence-corrected chi connectivity index (χ1v) is 7.41. The van der Waals surface area contributed by atoms with Crippen molar-refractivity contribution in [1.82, 2.24) is 14.9 Å². The third kappa shape index (κ3) is 4.22. The van der Waals surface area contributed by atoms with Crippen molar-refractivity contribution in [3.63, 3.8) is 0 Å². The van der Waals surface area contributed by atoms with Crippen LogP contribution in [0.5, 0.6) is 0 Å². The molecule has 0 aromatic carbocycles. The van der Waals surface area contributed by atoms with Crippen LogP contribution in [0.2, 0.25) is 0 Å². The van der Waals surface area contributed by atoms with E-state index in [2.05, 4.69) is 28.7 Å². The molecule has 6 nitrogen and oxygen atoms in total. The Kier molecular flexibility index (Phi) is 4.84. The van der Waals surface area contributed by atoms with Crippen LogP contribution in [0.15, 0.2) is 11.2 Å². The highest BCUT2D eigenvalue weighted by atomic mass is 32.2. The summed E-state index contributed by atoms with van der Waals surface area (Å²) in [5.41, 5.74) is 11.3. The molecule has 19 heavy (non-hydrogen) atoms. The summed E-state index contributed by atoms with van der Waals surface area (Å²) in [4.78, 5) is 10.7. The monoisotopic (exact) mass is 283 g/mol. The van der Waals surface area contributed by atoms with Gasteiger partial charge in [-0.2, -0.15) is 0 Å². The number of aromatic nitrogens is 2. The topological polar surface area (TPSA) is 90.3 Å². The minimum atomic E-state index is 0.201. The molecule has 2 heterocycles. The molecule has 1 unspecified atom stereocenters. The Balaban J connectivity index is 1.87. The maximum Gasteiger partial charge on any atom is 0.191 e. The Hall–Kier alpha value is -1.05. The first kappa shape index (κ1) is 14.4. The molecule has 0 aliphatic carbocycles. The van der Waals surface area contributed by atoms with Crippen LogP contribution in [-0.2, 0) is 4.74 Å². The van der Waals surface area contributed by atoms with Crippen molar-refractivity contribution in [3.05, 3.63) is 6.07 Å². The van der Waals surface area contributed by atoms with Gasteiger partial charge >= 0.3 is 0 Å². The van der Waals surface area contributed by atoms with Gasteiger partial charge in [0.05, 0.1) is 12.7 Å². The fourth-order valence-electron chi connectivity index (χ4n) is 2.01. The Morgan fingerprint density at radius 2 is 2.11 bits per heavy atom. The molecule has 2 rings (SSSR count). The van der Waals surface area contributed by atoms with Crippen LogP contribution in [0.4, 0.5) is 11.6 Å². The summed E-state index contributed by atoms with van der Waals surface area (Å²) >= 11 is 1.54. The maximum atomic E-state index is 5.76. The predicted molar refractivity (Wildman–Crippen MR) is 78.0 cm³/mol. The van der Waals surface area contributed by atoms with Gasteiger partial charge in [-0.3, -0.25) is 4.90 Å². The normalized spacial score (nSPS) is 20.9. The summed E-state index contributed by atoms with van der Waals surface area (Å²) in [6, 6.07) is 2.11. The minimum absolute atomic E-state index is 0.201. The van der Waals surface area contributed by atoms with Gasteiger partial charge in [0.25, 0.3) is 0 Å². The number of nitrogens with zero attached hydrogens (tertiary/aromatic N) is 3. The predicted octanol–water partition coefficient (Wildman–Crippen LogP) is 0.842. The van der Waals surface area contributed by atoms with Crippen molar-refractivity contribution in [2.24, 2.45) is 0 Å². The quantitative estimate of drug-likeness (QED) is 0.625. The number of rotatable bonds is 4. The van der Waals surface area contributed by atoms with E-state index in [1.165, 1.54) is 11.8 Å². The molecule has 0 radical (unpaired) electrons. The molecule has 1 fully saturated rings. The van der Waals surface area contributed by atoms with Crippen LogP contribution in [0, 0.1) is 0 Å². The zero-order valence-corrected chi connectivity index (χ0v) is 12.2. The van der Waals surface area contributed by atoms with Crippen molar-refractivity contribution < 1.29 is 4.74 Å². The lowest BCUT2D eigenvalue weighted by Gasteiger charge is -2.35. The van der Waals surface area contributed by atoms with Crippen LogP contribution in [0.1, 0.15) is 13.8 Å². The number of ether oxygens (including phenoxy) is 1. The molecule has 0 saturated carbocycles. The molecule has 0 amide bonds. The van der Waals surface area contributed by atoms with Crippen LogP contribution in [-0.4, -0.2) is 52.5 Å². The van der Waals surface area contributed by atoms with Gasteiger partial charge in [-0.15, -0.1) is 0 Å². The number of hydrogen-bond donors (Lipinski definition) is 2. The lowest BCUT2D eigenvalue weighted by Crippen LogP contribution is -2.46. The zero-order chi connectivity index (χ0) is 13.8. The average molecular weight is 283 g/mol. The summed E-state index contributed by atoms with van der Waals surface area (Å²) in [6.07, 6.45) is 0.201. The van der Waals surface area contributed by atoms with E-state index in [0.29, 0.717) is 22.8 Å². The maximum absolute atomic E-state index is 5.76. The summed E-state index contributed by atoms with van der Waals surface area (Å²) in [7, 11) is 0. The molecule has 1 atom stereocenters. The number of nitrogen functional groups attached to an aromatic ring is 2. The van der Waals surface area contributed by atoms with Crippen molar-refractivity contribution in [2.45, 2.75) is 31.1 Å². The van der Waals surface area contributed by atoms with E-state index in [1.54, 1.807) is 6.07 Å². The molecule has 1 aromatic rings. The van der Waals surface area contributed by atoms with E-state index < -0.39 is 0 Å². The number of thioether (sulfide) groups is 1. The first-order chi connectivity index (χ1) is 9.04. The minimum Gasteiger partial charge on any atom is -0.383 e. The van der Waals surface area contributed by atoms with Crippen LogP contribution in [0.25, 0.3) is 0 Å². The van der Waals surface area contributed by atoms with Crippen LogP contribution >= 0.6 is 11.8 Å². The second-order valence-corrected chi connectivity index (χ2v) is 5.88. The van der Waals surface area contributed by atoms with Gasteiger partial charge in [-0.05, 0) is 13.8 Å². The molecule has 1 saturated heterocycles. The summed E-state index contributed by atoms with van der Waals surface area (Å²) < 4.78 is 5.76.